The fourth-order valence-corrected chi connectivity index (χ4v) is 3.79. The molecule has 4 aromatic rings. The molecule has 0 radical (unpaired) electrons. The van der Waals surface area contributed by atoms with Gasteiger partial charge in [0.05, 0.1) is 12.1 Å². The molecule has 7 heteroatoms. The van der Waals surface area contributed by atoms with E-state index in [9.17, 15) is 9.59 Å². The minimum atomic E-state index is -0.363. The maximum atomic E-state index is 12.2. The first kappa shape index (κ1) is 19.0. The van der Waals surface area contributed by atoms with Gasteiger partial charge in [0.1, 0.15) is 11.6 Å². The summed E-state index contributed by atoms with van der Waals surface area (Å²) in [6, 6.07) is 19.2. The Bertz CT molecular complexity index is 1200. The number of rotatable bonds is 6. The third-order valence-electron chi connectivity index (χ3n) is 4.43. The van der Waals surface area contributed by atoms with Crippen LogP contribution >= 0.6 is 11.3 Å². The Morgan fingerprint density at radius 3 is 2.52 bits per heavy atom. The standard InChI is InChI=1S/C22H19N3O3S/c1-2-19-24-25-20(26)13-18(23-22(25)29-19)14-28-21(27)12-15-8-10-17(11-9-15)16-6-4-3-5-7-16/h3-11,13H,2,12,14H2,1H3. The van der Waals surface area contributed by atoms with Gasteiger partial charge in [0.15, 0.2) is 0 Å². The SMILES string of the molecule is CCc1nn2c(=O)cc(COC(=O)Cc3ccc(-c4ccccc4)cc3)nc2s1. The van der Waals surface area contributed by atoms with E-state index >= 15 is 0 Å². The molecule has 0 fully saturated rings. The Hall–Kier alpha value is -3.32. The van der Waals surface area contributed by atoms with Gasteiger partial charge >= 0.3 is 5.97 Å². The van der Waals surface area contributed by atoms with Crippen LogP contribution in [0.5, 0.6) is 0 Å². The molecular formula is C22H19N3O3S. The lowest BCUT2D eigenvalue weighted by molar-refractivity contribution is -0.144. The van der Waals surface area contributed by atoms with Crippen molar-refractivity contribution in [1.29, 1.82) is 0 Å². The molecule has 0 aliphatic rings. The van der Waals surface area contributed by atoms with Gasteiger partial charge in [0.2, 0.25) is 4.96 Å². The number of fused-ring (bicyclic) bond motifs is 1. The van der Waals surface area contributed by atoms with E-state index in [4.69, 9.17) is 4.74 Å². The van der Waals surface area contributed by atoms with E-state index < -0.39 is 0 Å². The zero-order valence-electron chi connectivity index (χ0n) is 15.9. The summed E-state index contributed by atoms with van der Waals surface area (Å²) in [5, 5.41) is 5.04. The first-order valence-electron chi connectivity index (χ1n) is 9.31. The smallest absolute Gasteiger partial charge is 0.310 e. The van der Waals surface area contributed by atoms with Crippen molar-refractivity contribution in [2.24, 2.45) is 0 Å². The number of benzene rings is 2. The summed E-state index contributed by atoms with van der Waals surface area (Å²) in [5.41, 5.74) is 3.25. The Kier molecular flexibility index (Phi) is 5.48. The molecule has 0 saturated carbocycles. The van der Waals surface area contributed by atoms with Gasteiger partial charge in [-0.2, -0.15) is 9.61 Å². The molecule has 0 amide bonds. The number of nitrogens with zero attached hydrogens (tertiary/aromatic N) is 3. The largest absolute Gasteiger partial charge is 0.459 e. The second-order valence-corrected chi connectivity index (χ2v) is 7.57. The molecule has 0 aliphatic carbocycles. The van der Waals surface area contributed by atoms with E-state index in [1.54, 1.807) is 0 Å². The normalized spacial score (nSPS) is 10.9. The van der Waals surface area contributed by atoms with Crippen molar-refractivity contribution in [3.05, 3.63) is 87.3 Å². The topological polar surface area (TPSA) is 73.6 Å². The van der Waals surface area contributed by atoms with E-state index in [1.807, 2.05) is 61.5 Å². The summed E-state index contributed by atoms with van der Waals surface area (Å²) in [7, 11) is 0. The van der Waals surface area contributed by atoms with E-state index in [0.717, 1.165) is 28.1 Å². The zero-order chi connectivity index (χ0) is 20.2. The lowest BCUT2D eigenvalue weighted by Gasteiger charge is -2.06. The molecule has 2 aromatic heterocycles. The summed E-state index contributed by atoms with van der Waals surface area (Å²) in [5.74, 6) is -0.363. The first-order chi connectivity index (χ1) is 14.1. The zero-order valence-corrected chi connectivity index (χ0v) is 16.7. The average Bonchev–Trinajstić information content (AvgIpc) is 3.17. The molecule has 6 nitrogen and oxygen atoms in total. The minimum Gasteiger partial charge on any atom is -0.459 e. The number of hydrogen-bond acceptors (Lipinski definition) is 6. The highest BCUT2D eigenvalue weighted by Crippen LogP contribution is 2.19. The lowest BCUT2D eigenvalue weighted by Crippen LogP contribution is -2.17. The van der Waals surface area contributed by atoms with E-state index in [2.05, 4.69) is 10.1 Å². The van der Waals surface area contributed by atoms with E-state index in [-0.39, 0.29) is 24.6 Å². The molecular weight excluding hydrogens is 386 g/mol. The molecule has 0 spiro atoms. The Morgan fingerprint density at radius 2 is 1.79 bits per heavy atom. The van der Waals surface area contributed by atoms with Crippen LogP contribution < -0.4 is 5.56 Å². The van der Waals surface area contributed by atoms with Crippen LogP contribution in [-0.4, -0.2) is 20.6 Å². The van der Waals surface area contributed by atoms with Crippen LogP contribution in [0.15, 0.2) is 65.5 Å². The molecule has 2 aromatic carbocycles. The number of carbonyl (C=O) groups is 1. The van der Waals surface area contributed by atoms with Crippen LogP contribution in [-0.2, 0) is 29.0 Å². The summed E-state index contributed by atoms with van der Waals surface area (Å²) in [6.45, 7) is 1.93. The number of aromatic nitrogens is 3. The number of ether oxygens (including phenoxy) is 1. The molecule has 4 rings (SSSR count). The number of aryl methyl sites for hydroxylation is 1. The summed E-state index contributed by atoms with van der Waals surface area (Å²) >= 11 is 1.36. The van der Waals surface area contributed by atoms with Crippen molar-refractivity contribution < 1.29 is 9.53 Å². The van der Waals surface area contributed by atoms with Crippen LogP contribution in [0.4, 0.5) is 0 Å². The van der Waals surface area contributed by atoms with Crippen molar-refractivity contribution >= 4 is 22.3 Å². The highest BCUT2D eigenvalue weighted by Gasteiger charge is 2.11. The van der Waals surface area contributed by atoms with Gasteiger partial charge in [0.25, 0.3) is 5.56 Å². The predicted octanol–water partition coefficient (Wildman–Crippen LogP) is 3.67. The Balaban J connectivity index is 1.39. The maximum Gasteiger partial charge on any atom is 0.310 e. The van der Waals surface area contributed by atoms with Gasteiger partial charge in [-0.15, -0.1) is 0 Å². The molecule has 2 heterocycles. The monoisotopic (exact) mass is 405 g/mol. The molecule has 0 atom stereocenters. The molecule has 146 valence electrons. The molecule has 0 unspecified atom stereocenters. The van der Waals surface area contributed by atoms with Gasteiger partial charge in [-0.25, -0.2) is 4.98 Å². The van der Waals surface area contributed by atoms with Crippen molar-refractivity contribution in [2.45, 2.75) is 26.4 Å². The van der Waals surface area contributed by atoms with Crippen molar-refractivity contribution in [2.75, 3.05) is 0 Å². The Morgan fingerprint density at radius 1 is 1.07 bits per heavy atom. The first-order valence-corrected chi connectivity index (χ1v) is 10.1. The fourth-order valence-electron chi connectivity index (χ4n) is 2.93. The van der Waals surface area contributed by atoms with Crippen LogP contribution in [0.3, 0.4) is 0 Å². The lowest BCUT2D eigenvalue weighted by atomic mass is 10.0. The molecule has 0 saturated heterocycles. The summed E-state index contributed by atoms with van der Waals surface area (Å²) < 4.78 is 6.60. The fraction of sp³-hybridized carbons (Fsp3) is 0.182. The van der Waals surface area contributed by atoms with Crippen molar-refractivity contribution in [1.82, 2.24) is 14.6 Å². The second-order valence-electron chi connectivity index (χ2n) is 6.53. The van der Waals surface area contributed by atoms with Gasteiger partial charge in [-0.3, -0.25) is 9.59 Å². The van der Waals surface area contributed by atoms with Crippen molar-refractivity contribution in [3.63, 3.8) is 0 Å². The van der Waals surface area contributed by atoms with Crippen LogP contribution in [0.2, 0.25) is 0 Å². The number of esters is 1. The predicted molar refractivity (Wildman–Crippen MR) is 112 cm³/mol. The van der Waals surface area contributed by atoms with Crippen LogP contribution in [0.1, 0.15) is 23.2 Å². The highest BCUT2D eigenvalue weighted by atomic mass is 32.1. The summed E-state index contributed by atoms with van der Waals surface area (Å²) in [6.07, 6.45) is 0.900. The molecule has 29 heavy (non-hydrogen) atoms. The molecule has 0 N–H and O–H groups in total. The third-order valence-corrected chi connectivity index (χ3v) is 5.49. The third kappa shape index (κ3) is 4.41. The van der Waals surface area contributed by atoms with Gasteiger partial charge in [0, 0.05) is 6.07 Å². The maximum absolute atomic E-state index is 12.2. The quantitative estimate of drug-likeness (QED) is 0.458. The molecule has 0 aliphatic heterocycles. The van der Waals surface area contributed by atoms with Crippen LogP contribution in [0, 0.1) is 0 Å². The number of hydrogen-bond donors (Lipinski definition) is 0. The Labute approximate surface area is 171 Å². The van der Waals surface area contributed by atoms with Gasteiger partial charge in [-0.1, -0.05) is 72.9 Å². The second kappa shape index (κ2) is 8.36. The van der Waals surface area contributed by atoms with Crippen molar-refractivity contribution in [3.8, 4) is 11.1 Å². The van der Waals surface area contributed by atoms with Crippen LogP contribution in [0.25, 0.3) is 16.1 Å². The minimum absolute atomic E-state index is 0.0357. The number of carbonyl (C=O) groups excluding carboxylic acids is 1. The van der Waals surface area contributed by atoms with E-state index in [0.29, 0.717) is 10.7 Å². The van der Waals surface area contributed by atoms with E-state index in [1.165, 1.54) is 21.9 Å². The van der Waals surface area contributed by atoms with Gasteiger partial charge in [-0.05, 0) is 23.1 Å². The summed E-state index contributed by atoms with van der Waals surface area (Å²) in [4.78, 5) is 29.2. The average molecular weight is 405 g/mol. The highest BCUT2D eigenvalue weighted by molar-refractivity contribution is 7.16. The van der Waals surface area contributed by atoms with Gasteiger partial charge < -0.3 is 4.74 Å². The molecule has 0 bridgehead atoms.